The van der Waals surface area contributed by atoms with Crippen molar-refractivity contribution in [3.63, 3.8) is 0 Å². The number of aryl methyl sites for hydroxylation is 1. The number of amides is 1. The first kappa shape index (κ1) is 22.3. The third kappa shape index (κ3) is 4.96. The summed E-state index contributed by atoms with van der Waals surface area (Å²) in [5, 5.41) is 18.2. The molecule has 9 heteroatoms. The number of para-hydroxylation sites is 1. The standard InChI is InChI=1S/C24H20FN5O2S/c1-17-21(12-15-32-17)23-27-28-24(30(23)20-6-3-2-4-7-20)33-16-22(31)29(14-5-13-26)19-10-8-18(25)9-11-19/h2-4,6-12,15H,5,14,16H2,1H3. The number of hydrogen-bond donors (Lipinski definition) is 0. The number of furan rings is 1. The molecule has 0 unspecified atom stereocenters. The number of thioether (sulfide) groups is 1. The summed E-state index contributed by atoms with van der Waals surface area (Å²) in [6.07, 6.45) is 1.76. The van der Waals surface area contributed by atoms with Gasteiger partial charge in [-0.3, -0.25) is 9.36 Å². The molecule has 33 heavy (non-hydrogen) atoms. The number of rotatable bonds is 8. The van der Waals surface area contributed by atoms with E-state index in [0.717, 1.165) is 11.3 Å². The fourth-order valence-electron chi connectivity index (χ4n) is 3.35. The fraction of sp³-hybridized carbons (Fsp3) is 0.167. The third-order valence-corrected chi connectivity index (χ3v) is 5.87. The van der Waals surface area contributed by atoms with Gasteiger partial charge in [-0.2, -0.15) is 5.26 Å². The quantitative estimate of drug-likeness (QED) is 0.343. The Bertz CT molecular complexity index is 1280. The number of nitrogens with zero attached hydrogens (tertiary/aromatic N) is 5. The van der Waals surface area contributed by atoms with E-state index >= 15 is 0 Å². The summed E-state index contributed by atoms with van der Waals surface area (Å²) >= 11 is 1.24. The molecule has 0 radical (unpaired) electrons. The summed E-state index contributed by atoms with van der Waals surface area (Å²) < 4.78 is 20.7. The van der Waals surface area contributed by atoms with Gasteiger partial charge in [-0.25, -0.2) is 4.39 Å². The van der Waals surface area contributed by atoms with E-state index in [1.165, 1.54) is 40.9 Å². The van der Waals surface area contributed by atoms with Gasteiger partial charge in [0.1, 0.15) is 11.6 Å². The summed E-state index contributed by atoms with van der Waals surface area (Å²) in [4.78, 5) is 14.6. The highest BCUT2D eigenvalue weighted by atomic mass is 32.2. The zero-order valence-electron chi connectivity index (χ0n) is 17.8. The fourth-order valence-corrected chi connectivity index (χ4v) is 4.18. The first-order valence-electron chi connectivity index (χ1n) is 10.2. The van der Waals surface area contributed by atoms with Crippen LogP contribution < -0.4 is 4.90 Å². The van der Waals surface area contributed by atoms with Gasteiger partial charge in [-0.05, 0) is 49.4 Å². The zero-order valence-corrected chi connectivity index (χ0v) is 18.6. The minimum absolute atomic E-state index is 0.0676. The third-order valence-electron chi connectivity index (χ3n) is 4.96. The maximum absolute atomic E-state index is 13.3. The van der Waals surface area contributed by atoms with Crippen molar-refractivity contribution < 1.29 is 13.6 Å². The lowest BCUT2D eigenvalue weighted by Crippen LogP contribution is -2.33. The van der Waals surface area contributed by atoms with E-state index in [0.29, 0.717) is 22.4 Å². The van der Waals surface area contributed by atoms with Gasteiger partial charge in [0.05, 0.1) is 30.1 Å². The molecule has 2 aromatic carbocycles. The number of hydrogen-bond acceptors (Lipinski definition) is 6. The molecule has 166 valence electrons. The van der Waals surface area contributed by atoms with Crippen molar-refractivity contribution in [2.24, 2.45) is 0 Å². The molecule has 0 aliphatic carbocycles. The van der Waals surface area contributed by atoms with E-state index < -0.39 is 0 Å². The molecule has 0 aliphatic heterocycles. The molecular formula is C24H20FN5O2S. The average Bonchev–Trinajstić information content (AvgIpc) is 3.45. The van der Waals surface area contributed by atoms with E-state index in [-0.39, 0.29) is 30.4 Å². The van der Waals surface area contributed by atoms with Gasteiger partial charge in [0.2, 0.25) is 5.91 Å². The van der Waals surface area contributed by atoms with E-state index in [9.17, 15) is 9.18 Å². The van der Waals surface area contributed by atoms with Crippen molar-refractivity contribution in [1.29, 1.82) is 5.26 Å². The Morgan fingerprint density at radius 1 is 1.15 bits per heavy atom. The number of carbonyl (C=O) groups is 1. The molecule has 0 atom stereocenters. The summed E-state index contributed by atoms with van der Waals surface area (Å²) in [7, 11) is 0. The number of anilines is 1. The van der Waals surface area contributed by atoms with Crippen molar-refractivity contribution in [3.05, 3.63) is 78.5 Å². The zero-order chi connectivity index (χ0) is 23.2. The first-order valence-corrected chi connectivity index (χ1v) is 11.2. The second-order valence-corrected chi connectivity index (χ2v) is 8.03. The van der Waals surface area contributed by atoms with Crippen LogP contribution in [-0.2, 0) is 4.79 Å². The van der Waals surface area contributed by atoms with Crippen LogP contribution in [0.2, 0.25) is 0 Å². The predicted molar refractivity (Wildman–Crippen MR) is 124 cm³/mol. The van der Waals surface area contributed by atoms with Gasteiger partial charge in [0, 0.05) is 17.9 Å². The highest BCUT2D eigenvalue weighted by Gasteiger charge is 2.22. The first-order chi connectivity index (χ1) is 16.1. The minimum atomic E-state index is -0.390. The van der Waals surface area contributed by atoms with Crippen molar-refractivity contribution in [2.75, 3.05) is 17.2 Å². The second kappa shape index (κ2) is 10.1. The Hall–Kier alpha value is -3.90. The van der Waals surface area contributed by atoms with Gasteiger partial charge in [0.25, 0.3) is 0 Å². The number of benzene rings is 2. The van der Waals surface area contributed by atoms with Crippen LogP contribution in [0, 0.1) is 24.1 Å². The van der Waals surface area contributed by atoms with Gasteiger partial charge in [-0.1, -0.05) is 30.0 Å². The second-order valence-electron chi connectivity index (χ2n) is 7.09. The van der Waals surface area contributed by atoms with Crippen LogP contribution in [-0.4, -0.2) is 33.0 Å². The van der Waals surface area contributed by atoms with Crippen molar-refractivity contribution in [2.45, 2.75) is 18.5 Å². The van der Waals surface area contributed by atoms with Gasteiger partial charge >= 0.3 is 0 Å². The lowest BCUT2D eigenvalue weighted by Gasteiger charge is -2.21. The molecule has 0 fully saturated rings. The molecule has 2 heterocycles. The van der Waals surface area contributed by atoms with E-state index in [1.54, 1.807) is 6.26 Å². The van der Waals surface area contributed by atoms with Crippen LogP contribution in [0.4, 0.5) is 10.1 Å². The monoisotopic (exact) mass is 461 g/mol. The lowest BCUT2D eigenvalue weighted by molar-refractivity contribution is -0.116. The van der Waals surface area contributed by atoms with Crippen LogP contribution in [0.25, 0.3) is 17.1 Å². The highest BCUT2D eigenvalue weighted by Crippen LogP contribution is 2.30. The number of aromatic nitrogens is 3. The largest absolute Gasteiger partial charge is 0.469 e. The lowest BCUT2D eigenvalue weighted by atomic mass is 10.2. The van der Waals surface area contributed by atoms with Crippen molar-refractivity contribution >= 4 is 23.4 Å². The van der Waals surface area contributed by atoms with Gasteiger partial charge in [0.15, 0.2) is 11.0 Å². The van der Waals surface area contributed by atoms with Crippen LogP contribution in [0.1, 0.15) is 12.2 Å². The summed E-state index contributed by atoms with van der Waals surface area (Å²) in [5.74, 6) is 0.788. The molecule has 1 amide bonds. The molecule has 0 spiro atoms. The van der Waals surface area contributed by atoms with Crippen molar-refractivity contribution in [1.82, 2.24) is 14.8 Å². The Morgan fingerprint density at radius 2 is 1.91 bits per heavy atom. The predicted octanol–water partition coefficient (Wildman–Crippen LogP) is 5.01. The van der Waals surface area contributed by atoms with E-state index in [4.69, 9.17) is 9.68 Å². The molecule has 0 saturated heterocycles. The number of halogens is 1. The smallest absolute Gasteiger partial charge is 0.237 e. The number of carbonyl (C=O) groups excluding carboxylic acids is 1. The molecule has 4 aromatic rings. The number of nitriles is 1. The Morgan fingerprint density at radius 3 is 2.58 bits per heavy atom. The summed E-state index contributed by atoms with van der Waals surface area (Å²) in [6.45, 7) is 2.07. The average molecular weight is 462 g/mol. The van der Waals surface area contributed by atoms with Crippen LogP contribution in [0.5, 0.6) is 0 Å². The summed E-state index contributed by atoms with van der Waals surface area (Å²) in [5.41, 5.74) is 2.20. The molecule has 0 aliphatic rings. The van der Waals surface area contributed by atoms with Crippen LogP contribution in [0.3, 0.4) is 0 Å². The molecule has 0 saturated carbocycles. The Balaban J connectivity index is 1.61. The SMILES string of the molecule is Cc1occc1-c1nnc(SCC(=O)N(CCC#N)c2ccc(F)cc2)n1-c1ccccc1. The molecule has 0 bridgehead atoms. The van der Waals surface area contributed by atoms with Crippen molar-refractivity contribution in [3.8, 4) is 23.1 Å². The van der Waals surface area contributed by atoms with E-state index in [2.05, 4.69) is 16.3 Å². The highest BCUT2D eigenvalue weighted by molar-refractivity contribution is 7.99. The molecule has 4 rings (SSSR count). The van der Waals surface area contributed by atoms with Gasteiger partial charge in [-0.15, -0.1) is 10.2 Å². The summed E-state index contributed by atoms with van der Waals surface area (Å²) in [6, 6.07) is 19.1. The molecule has 7 nitrogen and oxygen atoms in total. The normalized spacial score (nSPS) is 10.7. The Kier molecular flexibility index (Phi) is 6.86. The Labute approximate surface area is 194 Å². The van der Waals surface area contributed by atoms with Gasteiger partial charge < -0.3 is 9.32 Å². The minimum Gasteiger partial charge on any atom is -0.469 e. The maximum Gasteiger partial charge on any atom is 0.237 e. The maximum atomic E-state index is 13.3. The van der Waals surface area contributed by atoms with Crippen LogP contribution >= 0.6 is 11.8 Å². The molecule has 0 N–H and O–H groups in total. The topological polar surface area (TPSA) is 88.0 Å². The van der Waals surface area contributed by atoms with Crippen LogP contribution in [0.15, 0.2) is 76.5 Å². The molecule has 2 aromatic heterocycles. The molecular weight excluding hydrogens is 441 g/mol. The van der Waals surface area contributed by atoms with E-state index in [1.807, 2.05) is 47.9 Å².